The lowest BCUT2D eigenvalue weighted by atomic mass is 10.0. The molecule has 1 nitrogen and oxygen atoms in total. The molecule has 0 radical (unpaired) electrons. The third-order valence-electron chi connectivity index (χ3n) is 2.17. The number of pyridine rings is 1. The Morgan fingerprint density at radius 3 is 2.79 bits per heavy atom. The van der Waals surface area contributed by atoms with Crippen molar-refractivity contribution in [2.45, 2.75) is 6.92 Å². The standard InChI is InChI=1S/C12H10FN/c1-9-4-5-11(13)7-12(9)10-3-2-6-14-8-10/h2-8H,1H3. The fraction of sp³-hybridized carbons (Fsp3) is 0.0833. The van der Waals surface area contributed by atoms with Gasteiger partial charge in [-0.25, -0.2) is 4.39 Å². The van der Waals surface area contributed by atoms with E-state index in [1.807, 2.05) is 19.1 Å². The van der Waals surface area contributed by atoms with Crippen LogP contribution in [0.1, 0.15) is 5.56 Å². The summed E-state index contributed by atoms with van der Waals surface area (Å²) in [5, 5.41) is 0. The van der Waals surface area contributed by atoms with Gasteiger partial charge in [0.05, 0.1) is 0 Å². The Morgan fingerprint density at radius 2 is 2.07 bits per heavy atom. The molecule has 0 unspecified atom stereocenters. The molecule has 0 aliphatic heterocycles. The topological polar surface area (TPSA) is 12.9 Å². The lowest BCUT2D eigenvalue weighted by Crippen LogP contribution is -1.85. The van der Waals surface area contributed by atoms with E-state index in [1.165, 1.54) is 12.1 Å². The molecule has 0 N–H and O–H groups in total. The molecule has 0 saturated heterocycles. The predicted molar refractivity (Wildman–Crippen MR) is 54.4 cm³/mol. The maximum atomic E-state index is 13.0. The highest BCUT2D eigenvalue weighted by molar-refractivity contribution is 5.66. The summed E-state index contributed by atoms with van der Waals surface area (Å²) in [6.45, 7) is 1.96. The number of nitrogens with zero attached hydrogens (tertiary/aromatic N) is 1. The molecule has 0 aliphatic carbocycles. The third kappa shape index (κ3) is 1.64. The van der Waals surface area contributed by atoms with Gasteiger partial charge in [0.1, 0.15) is 5.82 Å². The van der Waals surface area contributed by atoms with Gasteiger partial charge in [0.2, 0.25) is 0 Å². The number of hydrogen-bond donors (Lipinski definition) is 0. The summed E-state index contributed by atoms with van der Waals surface area (Å²) in [5.41, 5.74) is 2.90. The molecular weight excluding hydrogens is 177 g/mol. The van der Waals surface area contributed by atoms with Crippen LogP contribution in [-0.4, -0.2) is 4.98 Å². The second kappa shape index (κ2) is 3.58. The average molecular weight is 187 g/mol. The van der Waals surface area contributed by atoms with Crippen LogP contribution in [0.2, 0.25) is 0 Å². The van der Waals surface area contributed by atoms with E-state index in [0.29, 0.717) is 0 Å². The van der Waals surface area contributed by atoms with Crippen molar-refractivity contribution in [3.05, 3.63) is 54.1 Å². The van der Waals surface area contributed by atoms with E-state index in [4.69, 9.17) is 0 Å². The lowest BCUT2D eigenvalue weighted by Gasteiger charge is -2.04. The van der Waals surface area contributed by atoms with Gasteiger partial charge >= 0.3 is 0 Å². The molecule has 2 rings (SSSR count). The first kappa shape index (κ1) is 8.88. The van der Waals surface area contributed by atoms with E-state index in [2.05, 4.69) is 4.98 Å². The molecule has 2 heteroatoms. The van der Waals surface area contributed by atoms with Gasteiger partial charge in [-0.15, -0.1) is 0 Å². The normalized spacial score (nSPS) is 10.1. The summed E-state index contributed by atoms with van der Waals surface area (Å²) >= 11 is 0. The summed E-state index contributed by atoms with van der Waals surface area (Å²) in [7, 11) is 0. The van der Waals surface area contributed by atoms with Crippen molar-refractivity contribution in [2.24, 2.45) is 0 Å². The second-order valence-corrected chi connectivity index (χ2v) is 3.20. The largest absolute Gasteiger partial charge is 0.264 e. The zero-order chi connectivity index (χ0) is 9.97. The van der Waals surface area contributed by atoms with Gasteiger partial charge in [-0.05, 0) is 36.2 Å². The Bertz CT molecular complexity index is 437. The van der Waals surface area contributed by atoms with E-state index in [0.717, 1.165) is 16.7 Å². The van der Waals surface area contributed by atoms with Crippen LogP contribution in [0.25, 0.3) is 11.1 Å². The molecule has 0 saturated carbocycles. The second-order valence-electron chi connectivity index (χ2n) is 3.20. The van der Waals surface area contributed by atoms with E-state index in [9.17, 15) is 4.39 Å². The van der Waals surface area contributed by atoms with Gasteiger partial charge in [-0.2, -0.15) is 0 Å². The smallest absolute Gasteiger partial charge is 0.123 e. The van der Waals surface area contributed by atoms with E-state index in [1.54, 1.807) is 18.5 Å². The molecular formula is C12H10FN. The van der Waals surface area contributed by atoms with Crippen molar-refractivity contribution in [1.29, 1.82) is 0 Å². The highest BCUT2D eigenvalue weighted by atomic mass is 19.1. The van der Waals surface area contributed by atoms with Crippen LogP contribution in [0.4, 0.5) is 4.39 Å². The maximum Gasteiger partial charge on any atom is 0.123 e. The number of aryl methyl sites for hydroxylation is 1. The van der Waals surface area contributed by atoms with Gasteiger partial charge in [-0.3, -0.25) is 4.98 Å². The van der Waals surface area contributed by atoms with E-state index in [-0.39, 0.29) is 5.82 Å². The number of halogens is 1. The summed E-state index contributed by atoms with van der Waals surface area (Å²) in [6.07, 6.45) is 3.44. The van der Waals surface area contributed by atoms with Gasteiger partial charge in [0.15, 0.2) is 0 Å². The Hall–Kier alpha value is -1.70. The van der Waals surface area contributed by atoms with Crippen LogP contribution >= 0.6 is 0 Å². The van der Waals surface area contributed by atoms with Gasteiger partial charge in [0, 0.05) is 18.0 Å². The van der Waals surface area contributed by atoms with Crippen LogP contribution < -0.4 is 0 Å². The molecule has 0 fully saturated rings. The minimum atomic E-state index is -0.213. The molecule has 0 spiro atoms. The van der Waals surface area contributed by atoms with Crippen molar-refractivity contribution in [3.63, 3.8) is 0 Å². The van der Waals surface area contributed by atoms with Gasteiger partial charge in [-0.1, -0.05) is 12.1 Å². The summed E-state index contributed by atoms with van der Waals surface area (Å²) < 4.78 is 13.0. The van der Waals surface area contributed by atoms with Crippen LogP contribution in [0.5, 0.6) is 0 Å². The van der Waals surface area contributed by atoms with Crippen molar-refractivity contribution >= 4 is 0 Å². The number of benzene rings is 1. The van der Waals surface area contributed by atoms with Crippen LogP contribution in [0, 0.1) is 12.7 Å². The SMILES string of the molecule is Cc1ccc(F)cc1-c1cccnc1. The Balaban J connectivity index is 2.57. The van der Waals surface area contributed by atoms with Crippen LogP contribution in [0.15, 0.2) is 42.7 Å². The Morgan fingerprint density at radius 1 is 1.21 bits per heavy atom. The lowest BCUT2D eigenvalue weighted by molar-refractivity contribution is 0.628. The molecule has 14 heavy (non-hydrogen) atoms. The Kier molecular flexibility index (Phi) is 2.27. The fourth-order valence-corrected chi connectivity index (χ4v) is 1.43. The molecule has 0 amide bonds. The van der Waals surface area contributed by atoms with Crippen LogP contribution in [0.3, 0.4) is 0 Å². The zero-order valence-electron chi connectivity index (χ0n) is 7.87. The molecule has 0 aliphatic rings. The fourth-order valence-electron chi connectivity index (χ4n) is 1.43. The molecule has 1 heterocycles. The highest BCUT2D eigenvalue weighted by Crippen LogP contribution is 2.22. The van der Waals surface area contributed by atoms with Crippen LogP contribution in [-0.2, 0) is 0 Å². The van der Waals surface area contributed by atoms with Crippen molar-refractivity contribution in [3.8, 4) is 11.1 Å². The Labute approximate surface area is 82.2 Å². The summed E-state index contributed by atoms with van der Waals surface area (Å²) in [6, 6.07) is 8.55. The molecule has 0 bridgehead atoms. The first-order chi connectivity index (χ1) is 6.77. The quantitative estimate of drug-likeness (QED) is 0.668. The summed E-state index contributed by atoms with van der Waals surface area (Å²) in [4.78, 5) is 4.01. The van der Waals surface area contributed by atoms with Crippen molar-refractivity contribution in [2.75, 3.05) is 0 Å². The highest BCUT2D eigenvalue weighted by Gasteiger charge is 2.02. The molecule has 1 aromatic carbocycles. The molecule has 70 valence electrons. The molecule has 1 aromatic heterocycles. The van der Waals surface area contributed by atoms with Gasteiger partial charge < -0.3 is 0 Å². The molecule has 2 aromatic rings. The number of aromatic nitrogens is 1. The third-order valence-corrected chi connectivity index (χ3v) is 2.17. The monoisotopic (exact) mass is 187 g/mol. The van der Waals surface area contributed by atoms with Crippen molar-refractivity contribution in [1.82, 2.24) is 4.98 Å². The number of hydrogen-bond acceptors (Lipinski definition) is 1. The molecule has 0 atom stereocenters. The zero-order valence-corrected chi connectivity index (χ0v) is 7.87. The maximum absolute atomic E-state index is 13.0. The van der Waals surface area contributed by atoms with E-state index < -0.39 is 0 Å². The average Bonchev–Trinajstić information content (AvgIpc) is 2.23. The van der Waals surface area contributed by atoms with Crippen molar-refractivity contribution < 1.29 is 4.39 Å². The van der Waals surface area contributed by atoms with E-state index >= 15 is 0 Å². The first-order valence-electron chi connectivity index (χ1n) is 4.44. The number of rotatable bonds is 1. The minimum absolute atomic E-state index is 0.213. The van der Waals surface area contributed by atoms with Gasteiger partial charge in [0.25, 0.3) is 0 Å². The minimum Gasteiger partial charge on any atom is -0.264 e. The first-order valence-corrected chi connectivity index (χ1v) is 4.44. The predicted octanol–water partition coefficient (Wildman–Crippen LogP) is 3.20. The summed E-state index contributed by atoms with van der Waals surface area (Å²) in [5.74, 6) is -0.213.